The predicted molar refractivity (Wildman–Crippen MR) is 110 cm³/mol. The minimum Gasteiger partial charge on any atom is -0.507 e. The van der Waals surface area contributed by atoms with Crippen molar-refractivity contribution < 1.29 is 19.5 Å². The van der Waals surface area contributed by atoms with E-state index in [1.54, 1.807) is 16.7 Å². The van der Waals surface area contributed by atoms with Crippen LogP contribution in [0.1, 0.15) is 50.4 Å². The Balaban J connectivity index is 1.80. The quantitative estimate of drug-likeness (QED) is 0.739. The number of nitrogens with zero attached hydrogens (tertiary/aromatic N) is 3. The highest BCUT2D eigenvalue weighted by molar-refractivity contribution is 6.31. The van der Waals surface area contributed by atoms with Gasteiger partial charge in [0, 0.05) is 31.2 Å². The Kier molecular flexibility index (Phi) is 6.08. The van der Waals surface area contributed by atoms with Gasteiger partial charge in [-0.2, -0.15) is 0 Å². The summed E-state index contributed by atoms with van der Waals surface area (Å²) in [5, 5.41) is 10.4. The normalized spacial score (nSPS) is 19.0. The van der Waals surface area contributed by atoms with Crippen molar-refractivity contribution in [3.8, 4) is 5.75 Å². The maximum Gasteiger partial charge on any atom is 0.327 e. The summed E-state index contributed by atoms with van der Waals surface area (Å²) in [7, 11) is 0. The van der Waals surface area contributed by atoms with Gasteiger partial charge in [0.05, 0.1) is 5.56 Å². The molecule has 8 heteroatoms. The van der Waals surface area contributed by atoms with Crippen molar-refractivity contribution in [2.45, 2.75) is 45.6 Å². The number of benzene rings is 1. The van der Waals surface area contributed by atoms with Crippen molar-refractivity contribution in [1.82, 2.24) is 14.7 Å². The van der Waals surface area contributed by atoms with E-state index < -0.39 is 5.54 Å². The Bertz CT molecular complexity index is 818. The zero-order valence-corrected chi connectivity index (χ0v) is 17.9. The number of halogens is 1. The summed E-state index contributed by atoms with van der Waals surface area (Å²) in [6.45, 7) is 7.52. The molecule has 2 aliphatic heterocycles. The molecule has 1 aromatic rings. The summed E-state index contributed by atoms with van der Waals surface area (Å²) >= 11 is 5.97. The Morgan fingerprint density at radius 1 is 1.24 bits per heavy atom. The van der Waals surface area contributed by atoms with Crippen LogP contribution < -0.4 is 0 Å². The standard InChI is InChI=1S/C21H28ClN3O4/c1-4-24-19(28)21(25(20(24)29)10-7-14(2)3)8-11-23(12-9-21)18(27)16-13-15(22)5-6-17(16)26/h5-6,13-14,26H,4,7-12H2,1-3H3. The summed E-state index contributed by atoms with van der Waals surface area (Å²) < 4.78 is 0. The van der Waals surface area contributed by atoms with Gasteiger partial charge in [0.15, 0.2) is 0 Å². The highest BCUT2D eigenvalue weighted by Gasteiger charge is 2.57. The molecule has 3 rings (SSSR count). The third kappa shape index (κ3) is 3.80. The molecule has 2 aliphatic rings. The lowest BCUT2D eigenvalue weighted by molar-refractivity contribution is -0.135. The van der Waals surface area contributed by atoms with Crippen LogP contribution in [0.15, 0.2) is 18.2 Å². The fourth-order valence-electron chi connectivity index (χ4n) is 4.17. The fourth-order valence-corrected chi connectivity index (χ4v) is 4.34. The molecule has 0 radical (unpaired) electrons. The monoisotopic (exact) mass is 421 g/mol. The van der Waals surface area contributed by atoms with Gasteiger partial charge < -0.3 is 14.9 Å². The molecule has 0 unspecified atom stereocenters. The lowest BCUT2D eigenvalue weighted by atomic mass is 9.85. The van der Waals surface area contributed by atoms with Gasteiger partial charge in [0.25, 0.3) is 11.8 Å². The highest BCUT2D eigenvalue weighted by Crippen LogP contribution is 2.38. The lowest BCUT2D eigenvalue weighted by Gasteiger charge is -2.42. The van der Waals surface area contributed by atoms with Crippen LogP contribution in [0.5, 0.6) is 5.75 Å². The Hall–Kier alpha value is -2.28. The molecule has 7 nitrogen and oxygen atoms in total. The molecule has 0 saturated carbocycles. The molecule has 1 aromatic carbocycles. The molecule has 0 atom stereocenters. The molecule has 2 saturated heterocycles. The van der Waals surface area contributed by atoms with Crippen molar-refractivity contribution in [1.29, 1.82) is 0 Å². The van der Waals surface area contributed by atoms with E-state index in [1.165, 1.54) is 23.1 Å². The zero-order valence-electron chi connectivity index (χ0n) is 17.2. The van der Waals surface area contributed by atoms with E-state index in [0.717, 1.165) is 6.42 Å². The second kappa shape index (κ2) is 8.22. The molecule has 2 fully saturated rings. The number of carbonyl (C=O) groups excluding carboxylic acids is 3. The van der Waals surface area contributed by atoms with Crippen LogP contribution in [0.4, 0.5) is 4.79 Å². The number of aromatic hydroxyl groups is 1. The number of hydrogen-bond acceptors (Lipinski definition) is 4. The number of piperidine rings is 1. The van der Waals surface area contributed by atoms with E-state index >= 15 is 0 Å². The number of amides is 4. The molecular formula is C21H28ClN3O4. The van der Waals surface area contributed by atoms with Crippen LogP contribution in [0.3, 0.4) is 0 Å². The summed E-state index contributed by atoms with van der Waals surface area (Å²) in [4.78, 5) is 43.5. The topological polar surface area (TPSA) is 81.2 Å². The highest BCUT2D eigenvalue weighted by atomic mass is 35.5. The van der Waals surface area contributed by atoms with Crippen LogP contribution in [0.2, 0.25) is 5.02 Å². The smallest absolute Gasteiger partial charge is 0.327 e. The molecule has 158 valence electrons. The first-order valence-corrected chi connectivity index (χ1v) is 10.5. The maximum absolute atomic E-state index is 13.1. The molecule has 29 heavy (non-hydrogen) atoms. The van der Waals surface area contributed by atoms with Gasteiger partial charge >= 0.3 is 6.03 Å². The van der Waals surface area contributed by atoms with E-state index in [1.807, 2.05) is 0 Å². The van der Waals surface area contributed by atoms with Gasteiger partial charge in [-0.15, -0.1) is 0 Å². The second-order valence-corrected chi connectivity index (χ2v) is 8.59. The van der Waals surface area contributed by atoms with Gasteiger partial charge in [-0.25, -0.2) is 4.79 Å². The van der Waals surface area contributed by atoms with Crippen molar-refractivity contribution in [2.75, 3.05) is 26.2 Å². The van der Waals surface area contributed by atoms with E-state index in [-0.39, 0.29) is 29.2 Å². The average Bonchev–Trinajstić information content (AvgIpc) is 2.88. The van der Waals surface area contributed by atoms with Crippen molar-refractivity contribution in [2.24, 2.45) is 5.92 Å². The Morgan fingerprint density at radius 2 is 1.90 bits per heavy atom. The van der Waals surface area contributed by atoms with Gasteiger partial charge in [-0.05, 0) is 50.3 Å². The average molecular weight is 422 g/mol. The van der Waals surface area contributed by atoms with Crippen molar-refractivity contribution in [3.05, 3.63) is 28.8 Å². The number of urea groups is 1. The van der Waals surface area contributed by atoms with E-state index in [4.69, 9.17) is 11.6 Å². The Morgan fingerprint density at radius 3 is 2.48 bits per heavy atom. The summed E-state index contributed by atoms with van der Waals surface area (Å²) in [6, 6.07) is 4.13. The van der Waals surface area contributed by atoms with E-state index in [2.05, 4.69) is 13.8 Å². The first-order valence-electron chi connectivity index (χ1n) is 10.1. The van der Waals surface area contributed by atoms with Crippen LogP contribution in [-0.2, 0) is 4.79 Å². The number of carbonyl (C=O) groups is 3. The van der Waals surface area contributed by atoms with Crippen molar-refractivity contribution in [3.63, 3.8) is 0 Å². The van der Waals surface area contributed by atoms with Gasteiger partial charge in [-0.1, -0.05) is 25.4 Å². The predicted octanol–water partition coefficient (Wildman–Crippen LogP) is 3.35. The minimum absolute atomic E-state index is 0.123. The third-order valence-electron chi connectivity index (χ3n) is 5.93. The van der Waals surface area contributed by atoms with E-state index in [9.17, 15) is 19.5 Å². The summed E-state index contributed by atoms with van der Waals surface area (Å²) in [6.07, 6.45) is 1.59. The van der Waals surface area contributed by atoms with Crippen molar-refractivity contribution >= 4 is 29.4 Å². The first-order chi connectivity index (χ1) is 13.7. The van der Waals surface area contributed by atoms with Crippen LogP contribution >= 0.6 is 11.6 Å². The fraction of sp³-hybridized carbons (Fsp3) is 0.571. The maximum atomic E-state index is 13.1. The van der Waals surface area contributed by atoms with Gasteiger partial charge in [0.2, 0.25) is 0 Å². The van der Waals surface area contributed by atoms with E-state index in [0.29, 0.717) is 50.0 Å². The van der Waals surface area contributed by atoms with Crippen LogP contribution in [-0.4, -0.2) is 69.4 Å². The number of phenolic OH excluding ortho intramolecular Hbond substituents is 1. The van der Waals surface area contributed by atoms with Crippen LogP contribution in [0.25, 0.3) is 0 Å². The molecule has 0 aliphatic carbocycles. The molecule has 0 aromatic heterocycles. The Labute approximate surface area is 176 Å². The molecule has 2 heterocycles. The first kappa shape index (κ1) is 21.4. The molecule has 4 amide bonds. The number of imide groups is 1. The number of likely N-dealkylation sites (N-methyl/N-ethyl adjacent to an activating group) is 1. The lowest BCUT2D eigenvalue weighted by Crippen LogP contribution is -2.57. The number of hydrogen-bond donors (Lipinski definition) is 1. The molecular weight excluding hydrogens is 394 g/mol. The SMILES string of the molecule is CCN1C(=O)N(CCC(C)C)C2(CCN(C(=O)c3cc(Cl)ccc3O)CC2)C1=O. The summed E-state index contributed by atoms with van der Waals surface area (Å²) in [5.41, 5.74) is -0.732. The number of rotatable bonds is 5. The van der Waals surface area contributed by atoms with Gasteiger partial charge in [-0.3, -0.25) is 14.5 Å². The second-order valence-electron chi connectivity index (χ2n) is 8.15. The van der Waals surface area contributed by atoms with Gasteiger partial charge in [0.1, 0.15) is 11.3 Å². The number of likely N-dealkylation sites (tertiary alicyclic amines) is 1. The van der Waals surface area contributed by atoms with Crippen LogP contribution in [0, 0.1) is 5.92 Å². The number of phenols is 1. The molecule has 0 bridgehead atoms. The minimum atomic E-state index is -0.880. The largest absolute Gasteiger partial charge is 0.507 e. The summed E-state index contributed by atoms with van der Waals surface area (Å²) in [5.74, 6) is -0.190. The zero-order chi connectivity index (χ0) is 21.3. The molecule has 1 spiro atoms. The third-order valence-corrected chi connectivity index (χ3v) is 6.17. The molecule has 1 N–H and O–H groups in total.